The molecule has 0 aliphatic carbocycles. The van der Waals surface area contributed by atoms with Gasteiger partial charge in [-0.05, 0) is 59.6 Å². The van der Waals surface area contributed by atoms with Crippen LogP contribution in [-0.2, 0) is 25.6 Å². The molecule has 0 radical (unpaired) electrons. The highest BCUT2D eigenvalue weighted by atomic mass is 79.9. The van der Waals surface area contributed by atoms with Crippen LogP contribution in [0.3, 0.4) is 0 Å². The molecule has 0 saturated carbocycles. The van der Waals surface area contributed by atoms with E-state index in [0.717, 1.165) is 4.90 Å². The lowest BCUT2D eigenvalue weighted by Crippen LogP contribution is -2.30. The maximum Gasteiger partial charge on any atom is 0.373 e. The van der Waals surface area contributed by atoms with Crippen LogP contribution in [0.4, 0.5) is 4.79 Å². The smallest absolute Gasteiger partial charge is 0.373 e. The molecular formula is C23H22BrClN2O9. The van der Waals surface area contributed by atoms with Gasteiger partial charge in [0.2, 0.25) is 5.76 Å². The van der Waals surface area contributed by atoms with Gasteiger partial charge < -0.3 is 28.7 Å². The van der Waals surface area contributed by atoms with Crippen molar-refractivity contribution in [3.63, 3.8) is 0 Å². The molecule has 1 aromatic carbocycles. The maximum atomic E-state index is 12.9. The summed E-state index contributed by atoms with van der Waals surface area (Å²) in [5, 5.41) is 2.57. The van der Waals surface area contributed by atoms with Crippen LogP contribution in [0.2, 0.25) is 5.02 Å². The number of imide groups is 1. The first-order valence-electron chi connectivity index (χ1n) is 10.5. The van der Waals surface area contributed by atoms with E-state index in [1.165, 1.54) is 45.4 Å². The average molecular weight is 586 g/mol. The summed E-state index contributed by atoms with van der Waals surface area (Å²) in [6.45, 7) is 3.17. The summed E-state index contributed by atoms with van der Waals surface area (Å²) < 4.78 is 26.2. The number of nitrogens with one attached hydrogen (secondary N) is 1. The van der Waals surface area contributed by atoms with E-state index in [0.29, 0.717) is 10.0 Å². The summed E-state index contributed by atoms with van der Waals surface area (Å²) in [4.78, 5) is 49.8. The van der Waals surface area contributed by atoms with Crippen molar-refractivity contribution in [1.82, 2.24) is 10.2 Å². The fraction of sp³-hybridized carbons (Fsp3) is 0.304. The standard InChI is InChI=1S/C23H22BrClN2O9/c1-5-34-21(29)11(2)35-19-16(32-3)9-12(17(24)18(19)25)8-14-20(28)27(23(31)26-14)10-13-6-7-15(36-13)22(30)33-4/h6-9,11H,5,10H2,1-4H3,(H,26,31)/b14-8-/t11-/m1/s1. The summed E-state index contributed by atoms with van der Waals surface area (Å²) >= 11 is 9.83. The van der Waals surface area contributed by atoms with E-state index in [9.17, 15) is 19.2 Å². The largest absolute Gasteiger partial charge is 0.493 e. The average Bonchev–Trinajstić information content (AvgIpc) is 3.43. The number of halogens is 2. The molecule has 3 amide bonds. The zero-order valence-corrected chi connectivity index (χ0v) is 22.0. The van der Waals surface area contributed by atoms with Crippen LogP contribution in [0.15, 0.2) is 32.8 Å². The lowest BCUT2D eigenvalue weighted by atomic mass is 10.1. The van der Waals surface area contributed by atoms with Gasteiger partial charge in [-0.15, -0.1) is 0 Å². The van der Waals surface area contributed by atoms with Gasteiger partial charge in [0, 0.05) is 4.47 Å². The summed E-state index contributed by atoms with van der Waals surface area (Å²) in [5.74, 6) is -1.45. The zero-order chi connectivity index (χ0) is 26.6. The molecular weight excluding hydrogens is 564 g/mol. The van der Waals surface area contributed by atoms with Crippen molar-refractivity contribution in [2.75, 3.05) is 20.8 Å². The van der Waals surface area contributed by atoms with E-state index in [1.54, 1.807) is 6.92 Å². The molecule has 1 fully saturated rings. The predicted octanol–water partition coefficient (Wildman–Crippen LogP) is 3.91. The highest BCUT2D eigenvalue weighted by Crippen LogP contribution is 2.44. The van der Waals surface area contributed by atoms with Crippen LogP contribution in [0.25, 0.3) is 6.08 Å². The van der Waals surface area contributed by atoms with E-state index in [4.69, 9.17) is 30.2 Å². The minimum absolute atomic E-state index is 0.0351. The van der Waals surface area contributed by atoms with Crippen molar-refractivity contribution in [1.29, 1.82) is 0 Å². The molecule has 3 rings (SSSR count). The molecule has 1 aromatic heterocycles. The lowest BCUT2D eigenvalue weighted by molar-refractivity contribution is -0.150. The molecule has 192 valence electrons. The van der Waals surface area contributed by atoms with Gasteiger partial charge in [-0.2, -0.15) is 0 Å². The second kappa shape index (κ2) is 11.5. The van der Waals surface area contributed by atoms with Gasteiger partial charge in [-0.25, -0.2) is 14.4 Å². The number of carbonyl (C=O) groups is 4. The Bertz CT molecular complexity index is 1240. The third-order valence-corrected chi connectivity index (χ3v) is 6.36. The van der Waals surface area contributed by atoms with Crippen molar-refractivity contribution < 1.29 is 42.5 Å². The summed E-state index contributed by atoms with van der Waals surface area (Å²) in [6, 6.07) is 3.69. The van der Waals surface area contributed by atoms with Gasteiger partial charge in [0.15, 0.2) is 17.6 Å². The van der Waals surface area contributed by atoms with Gasteiger partial charge in [-0.3, -0.25) is 9.69 Å². The number of esters is 2. The number of urea groups is 1. The Hall–Kier alpha value is -3.51. The number of carbonyl (C=O) groups excluding carboxylic acids is 4. The van der Waals surface area contributed by atoms with Crippen molar-refractivity contribution in [3.05, 3.63) is 50.5 Å². The van der Waals surface area contributed by atoms with E-state index < -0.39 is 30.0 Å². The first kappa shape index (κ1) is 27.1. The molecule has 13 heteroatoms. The van der Waals surface area contributed by atoms with Crippen LogP contribution in [0.5, 0.6) is 11.5 Å². The number of methoxy groups -OCH3 is 2. The quantitative estimate of drug-likeness (QED) is 0.264. The van der Waals surface area contributed by atoms with Crippen LogP contribution in [0, 0.1) is 0 Å². The van der Waals surface area contributed by atoms with Gasteiger partial charge in [0.25, 0.3) is 5.91 Å². The number of nitrogens with zero attached hydrogens (tertiary/aromatic N) is 1. The Morgan fingerprint density at radius 3 is 2.64 bits per heavy atom. The first-order valence-corrected chi connectivity index (χ1v) is 11.7. The number of benzene rings is 1. The fourth-order valence-corrected chi connectivity index (χ4v) is 3.81. The SMILES string of the molecule is CCOC(=O)[C@@H](C)Oc1c(OC)cc(/C=C2\NC(=O)N(Cc3ccc(C(=O)OC)o3)C2=O)c(Br)c1Cl. The monoisotopic (exact) mass is 584 g/mol. The summed E-state index contributed by atoms with van der Waals surface area (Å²) in [5.41, 5.74) is 0.358. The lowest BCUT2D eigenvalue weighted by Gasteiger charge is -2.18. The molecule has 0 unspecified atom stereocenters. The Labute approximate surface area is 219 Å². The highest BCUT2D eigenvalue weighted by Gasteiger charge is 2.35. The summed E-state index contributed by atoms with van der Waals surface area (Å²) in [7, 11) is 2.59. The molecule has 1 atom stereocenters. The third-order valence-electron chi connectivity index (χ3n) is 4.91. The Kier molecular flexibility index (Phi) is 8.64. The minimum Gasteiger partial charge on any atom is -0.493 e. The molecule has 1 aliphatic rings. The molecule has 1 saturated heterocycles. The molecule has 0 spiro atoms. The van der Waals surface area contributed by atoms with Crippen LogP contribution in [-0.4, -0.2) is 55.7 Å². The predicted molar refractivity (Wildman–Crippen MR) is 130 cm³/mol. The van der Waals surface area contributed by atoms with Crippen LogP contribution >= 0.6 is 27.5 Å². The Balaban J connectivity index is 1.86. The number of hydrogen-bond acceptors (Lipinski definition) is 9. The first-order chi connectivity index (χ1) is 17.1. The van der Waals surface area contributed by atoms with Gasteiger partial charge in [0.05, 0.1) is 27.4 Å². The zero-order valence-electron chi connectivity index (χ0n) is 19.7. The van der Waals surface area contributed by atoms with Crippen LogP contribution < -0.4 is 14.8 Å². The molecule has 1 N–H and O–H groups in total. The van der Waals surface area contributed by atoms with E-state index >= 15 is 0 Å². The number of hydrogen-bond donors (Lipinski definition) is 1. The minimum atomic E-state index is -0.960. The molecule has 36 heavy (non-hydrogen) atoms. The van der Waals surface area contributed by atoms with Crippen molar-refractivity contribution in [2.45, 2.75) is 26.5 Å². The van der Waals surface area contributed by atoms with Gasteiger partial charge in [0.1, 0.15) is 16.5 Å². The highest BCUT2D eigenvalue weighted by molar-refractivity contribution is 9.10. The topological polar surface area (TPSA) is 134 Å². The molecule has 1 aliphatic heterocycles. The van der Waals surface area contributed by atoms with Crippen molar-refractivity contribution in [2.24, 2.45) is 0 Å². The van der Waals surface area contributed by atoms with Crippen LogP contribution in [0.1, 0.15) is 35.7 Å². The van der Waals surface area contributed by atoms with E-state index in [2.05, 4.69) is 26.0 Å². The number of amides is 3. The second-order valence-corrected chi connectivity index (χ2v) is 8.45. The Morgan fingerprint density at radius 2 is 2.00 bits per heavy atom. The van der Waals surface area contributed by atoms with Crippen molar-refractivity contribution in [3.8, 4) is 11.5 Å². The molecule has 2 aromatic rings. The molecule has 11 nitrogen and oxygen atoms in total. The van der Waals surface area contributed by atoms with E-state index in [-0.39, 0.29) is 46.9 Å². The van der Waals surface area contributed by atoms with Crippen molar-refractivity contribution >= 4 is 57.5 Å². The molecule has 2 heterocycles. The normalized spacial score (nSPS) is 15.1. The van der Waals surface area contributed by atoms with E-state index in [1.807, 2.05) is 0 Å². The number of rotatable bonds is 9. The maximum absolute atomic E-state index is 12.9. The van der Waals surface area contributed by atoms with Gasteiger partial charge >= 0.3 is 18.0 Å². The second-order valence-electron chi connectivity index (χ2n) is 7.27. The number of furan rings is 1. The fourth-order valence-electron chi connectivity index (χ4n) is 3.16. The third kappa shape index (κ3) is 5.65. The van der Waals surface area contributed by atoms with Gasteiger partial charge in [-0.1, -0.05) is 11.6 Å². The summed E-state index contributed by atoms with van der Waals surface area (Å²) in [6.07, 6.45) is 0.442. The Morgan fingerprint density at radius 1 is 1.28 bits per heavy atom. The number of ether oxygens (including phenoxy) is 4. The molecule has 0 bridgehead atoms.